The van der Waals surface area contributed by atoms with Gasteiger partial charge in [0, 0.05) is 21.0 Å². The van der Waals surface area contributed by atoms with Crippen molar-refractivity contribution in [2.24, 2.45) is 5.73 Å². The van der Waals surface area contributed by atoms with E-state index >= 15 is 0 Å². The van der Waals surface area contributed by atoms with E-state index in [4.69, 9.17) is 5.73 Å². The SMILES string of the molecule is Brc1ccc(CCCN(C2CCC2)C2CCC2)cc1.NCCCc1ccc(Br)cc1. The summed E-state index contributed by atoms with van der Waals surface area (Å²) in [6.07, 6.45) is 13.4. The third-order valence-corrected chi connectivity index (χ3v) is 7.52. The van der Waals surface area contributed by atoms with Crippen LogP contribution in [0.2, 0.25) is 0 Å². The number of nitrogens with zero attached hydrogens (tertiary/aromatic N) is 1. The van der Waals surface area contributed by atoms with Crippen LogP contribution in [-0.4, -0.2) is 30.1 Å². The van der Waals surface area contributed by atoms with Crippen LogP contribution in [0.25, 0.3) is 0 Å². The lowest BCUT2D eigenvalue weighted by atomic mass is 9.84. The highest BCUT2D eigenvalue weighted by Crippen LogP contribution is 2.33. The van der Waals surface area contributed by atoms with Gasteiger partial charge in [0.05, 0.1) is 0 Å². The molecule has 0 aliphatic heterocycles. The van der Waals surface area contributed by atoms with Crippen LogP contribution in [0.1, 0.15) is 62.5 Å². The molecule has 0 bridgehead atoms. The predicted molar refractivity (Wildman–Crippen MR) is 136 cm³/mol. The van der Waals surface area contributed by atoms with Crippen LogP contribution in [0.15, 0.2) is 57.5 Å². The van der Waals surface area contributed by atoms with Gasteiger partial charge in [-0.15, -0.1) is 0 Å². The van der Waals surface area contributed by atoms with Gasteiger partial charge in [-0.1, -0.05) is 69.0 Å². The minimum Gasteiger partial charge on any atom is -0.330 e. The number of aryl methyl sites for hydroxylation is 2. The zero-order valence-corrected chi connectivity index (χ0v) is 21.2. The molecule has 2 aliphatic carbocycles. The quantitative estimate of drug-likeness (QED) is 0.370. The molecule has 2 aliphatic rings. The van der Waals surface area contributed by atoms with Crippen molar-refractivity contribution < 1.29 is 0 Å². The normalized spacial score (nSPS) is 16.5. The fourth-order valence-electron chi connectivity index (χ4n) is 4.17. The molecule has 0 spiro atoms. The Morgan fingerprint density at radius 1 is 0.700 bits per heavy atom. The molecule has 2 saturated carbocycles. The van der Waals surface area contributed by atoms with Crippen LogP contribution < -0.4 is 5.73 Å². The van der Waals surface area contributed by atoms with Crippen molar-refractivity contribution >= 4 is 31.9 Å². The smallest absolute Gasteiger partial charge is 0.0175 e. The molecule has 2 aromatic carbocycles. The second kappa shape index (κ2) is 13.0. The molecule has 4 rings (SSSR count). The van der Waals surface area contributed by atoms with Crippen LogP contribution >= 0.6 is 31.9 Å². The first kappa shape index (κ1) is 24.0. The maximum Gasteiger partial charge on any atom is 0.0175 e. The standard InChI is InChI=1S/C17H24BrN.C9H12BrN/c18-15-11-9-14(10-12-15)4-3-13-19(16-5-1-6-16)17-7-2-8-17;10-9-5-3-8(4-6-9)2-1-7-11/h9-12,16-17H,1-8,13H2;3-6H,1-2,7,11H2. The Kier molecular flexibility index (Phi) is 10.4. The molecule has 4 heteroatoms. The van der Waals surface area contributed by atoms with Crippen LogP contribution in [-0.2, 0) is 12.8 Å². The summed E-state index contributed by atoms with van der Waals surface area (Å²) >= 11 is 6.89. The van der Waals surface area contributed by atoms with E-state index in [9.17, 15) is 0 Å². The van der Waals surface area contributed by atoms with Crippen LogP contribution in [0.3, 0.4) is 0 Å². The number of halogens is 2. The zero-order valence-electron chi connectivity index (χ0n) is 18.0. The minimum absolute atomic E-state index is 0.774. The summed E-state index contributed by atoms with van der Waals surface area (Å²) in [5.41, 5.74) is 8.23. The highest BCUT2D eigenvalue weighted by atomic mass is 79.9. The summed E-state index contributed by atoms with van der Waals surface area (Å²) in [5, 5.41) is 0. The molecule has 2 aromatic rings. The van der Waals surface area contributed by atoms with Crippen molar-refractivity contribution in [3.05, 3.63) is 68.6 Å². The Bertz CT molecular complexity index is 708. The Morgan fingerprint density at radius 2 is 1.13 bits per heavy atom. The monoisotopic (exact) mass is 534 g/mol. The van der Waals surface area contributed by atoms with E-state index in [1.54, 1.807) is 0 Å². The molecular weight excluding hydrogens is 500 g/mol. The maximum absolute atomic E-state index is 5.40. The van der Waals surface area contributed by atoms with Gasteiger partial charge < -0.3 is 5.73 Å². The highest BCUT2D eigenvalue weighted by Gasteiger charge is 2.32. The van der Waals surface area contributed by atoms with Gasteiger partial charge in [0.25, 0.3) is 0 Å². The van der Waals surface area contributed by atoms with Gasteiger partial charge in [0.2, 0.25) is 0 Å². The molecule has 2 N–H and O–H groups in total. The number of nitrogens with two attached hydrogens (primary N) is 1. The molecule has 0 aromatic heterocycles. The largest absolute Gasteiger partial charge is 0.330 e. The van der Waals surface area contributed by atoms with Crippen molar-refractivity contribution in [1.82, 2.24) is 4.90 Å². The molecule has 0 unspecified atom stereocenters. The van der Waals surface area contributed by atoms with Crippen molar-refractivity contribution in [3.63, 3.8) is 0 Å². The second-order valence-corrected chi connectivity index (χ2v) is 10.5. The van der Waals surface area contributed by atoms with E-state index in [2.05, 4.69) is 85.3 Å². The van der Waals surface area contributed by atoms with E-state index in [1.807, 2.05) is 0 Å². The first-order chi connectivity index (χ1) is 14.7. The lowest BCUT2D eigenvalue weighted by Crippen LogP contribution is -2.49. The van der Waals surface area contributed by atoms with E-state index < -0.39 is 0 Å². The summed E-state index contributed by atoms with van der Waals surface area (Å²) in [6, 6.07) is 19.0. The van der Waals surface area contributed by atoms with E-state index in [0.29, 0.717) is 0 Å². The van der Waals surface area contributed by atoms with Crippen molar-refractivity contribution in [2.45, 2.75) is 76.3 Å². The number of rotatable bonds is 9. The fraction of sp³-hybridized carbons (Fsp3) is 0.538. The van der Waals surface area contributed by atoms with Gasteiger partial charge in [-0.3, -0.25) is 4.90 Å². The number of hydrogen-bond acceptors (Lipinski definition) is 2. The third-order valence-electron chi connectivity index (χ3n) is 6.47. The number of hydrogen-bond donors (Lipinski definition) is 1. The lowest BCUT2D eigenvalue weighted by Gasteiger charge is -2.46. The summed E-state index contributed by atoms with van der Waals surface area (Å²) in [6.45, 7) is 2.08. The lowest BCUT2D eigenvalue weighted by molar-refractivity contribution is 0.0397. The number of benzene rings is 2. The molecule has 0 amide bonds. The first-order valence-electron chi connectivity index (χ1n) is 11.6. The first-order valence-corrected chi connectivity index (χ1v) is 13.2. The Balaban J connectivity index is 0.000000199. The van der Waals surface area contributed by atoms with Gasteiger partial charge >= 0.3 is 0 Å². The average Bonchev–Trinajstić information content (AvgIpc) is 2.67. The minimum atomic E-state index is 0.774. The Morgan fingerprint density at radius 3 is 1.50 bits per heavy atom. The van der Waals surface area contributed by atoms with Gasteiger partial charge in [0.1, 0.15) is 0 Å². The summed E-state index contributed by atoms with van der Waals surface area (Å²) in [5.74, 6) is 0. The van der Waals surface area contributed by atoms with Crippen LogP contribution in [0.5, 0.6) is 0 Å². The van der Waals surface area contributed by atoms with Crippen molar-refractivity contribution in [1.29, 1.82) is 0 Å². The van der Waals surface area contributed by atoms with Gasteiger partial charge in [-0.2, -0.15) is 0 Å². The Hall–Kier alpha value is -0.680. The molecule has 0 heterocycles. The van der Waals surface area contributed by atoms with Crippen molar-refractivity contribution in [2.75, 3.05) is 13.1 Å². The molecule has 0 atom stereocenters. The molecular formula is C26H36Br2N2. The van der Waals surface area contributed by atoms with E-state index in [0.717, 1.165) is 35.9 Å². The van der Waals surface area contributed by atoms with Crippen molar-refractivity contribution in [3.8, 4) is 0 Å². The molecule has 164 valence electrons. The predicted octanol–water partition coefficient (Wildman–Crippen LogP) is 7.13. The van der Waals surface area contributed by atoms with Crippen LogP contribution in [0, 0.1) is 0 Å². The molecule has 0 saturated heterocycles. The highest BCUT2D eigenvalue weighted by molar-refractivity contribution is 9.10. The van der Waals surface area contributed by atoms with Crippen LogP contribution in [0.4, 0.5) is 0 Å². The Labute approximate surface area is 199 Å². The van der Waals surface area contributed by atoms with Gasteiger partial charge in [-0.05, 0) is 99.8 Å². The maximum atomic E-state index is 5.40. The summed E-state index contributed by atoms with van der Waals surface area (Å²) < 4.78 is 2.32. The molecule has 2 nitrogen and oxygen atoms in total. The fourth-order valence-corrected chi connectivity index (χ4v) is 4.70. The van der Waals surface area contributed by atoms with Gasteiger partial charge in [-0.25, -0.2) is 0 Å². The van der Waals surface area contributed by atoms with Gasteiger partial charge in [0.15, 0.2) is 0 Å². The second-order valence-electron chi connectivity index (χ2n) is 8.66. The average molecular weight is 536 g/mol. The summed E-state index contributed by atoms with van der Waals surface area (Å²) in [4.78, 5) is 2.84. The zero-order chi connectivity index (χ0) is 21.2. The molecule has 0 radical (unpaired) electrons. The van der Waals surface area contributed by atoms with E-state index in [-0.39, 0.29) is 0 Å². The topological polar surface area (TPSA) is 29.3 Å². The van der Waals surface area contributed by atoms with E-state index in [1.165, 1.54) is 73.5 Å². The third kappa shape index (κ3) is 7.78. The molecule has 30 heavy (non-hydrogen) atoms. The molecule has 2 fully saturated rings. The summed E-state index contributed by atoms with van der Waals surface area (Å²) in [7, 11) is 0.